The van der Waals surface area contributed by atoms with E-state index in [1.54, 1.807) is 0 Å². The van der Waals surface area contributed by atoms with Crippen molar-refractivity contribution in [3.63, 3.8) is 0 Å². The van der Waals surface area contributed by atoms with Crippen molar-refractivity contribution < 1.29 is 18.0 Å². The lowest BCUT2D eigenvalue weighted by atomic mass is 9.88. The van der Waals surface area contributed by atoms with Crippen LogP contribution in [0.4, 0.5) is 19.1 Å². The van der Waals surface area contributed by atoms with Crippen molar-refractivity contribution in [2.45, 2.75) is 66.1 Å². The molecule has 0 atom stereocenters. The average molecular weight is 370 g/mol. The van der Waals surface area contributed by atoms with Gasteiger partial charge in [-0.15, -0.1) is 0 Å². The van der Waals surface area contributed by atoms with Gasteiger partial charge in [-0.2, -0.15) is 13.2 Å². The molecule has 0 aliphatic heterocycles. The Morgan fingerprint density at radius 3 is 2.46 bits per heavy atom. The minimum atomic E-state index is -4.45. The van der Waals surface area contributed by atoms with Crippen LogP contribution in [0.5, 0.6) is 0 Å². The van der Waals surface area contributed by atoms with Gasteiger partial charge in [0.25, 0.3) is 0 Å². The predicted molar refractivity (Wildman–Crippen MR) is 95.0 cm³/mol. The molecule has 1 aliphatic carbocycles. The quantitative estimate of drug-likeness (QED) is 0.822. The number of nitrogens with zero attached hydrogens (tertiary/aromatic N) is 3. The number of aromatic nitrogens is 3. The van der Waals surface area contributed by atoms with Crippen molar-refractivity contribution in [1.29, 1.82) is 0 Å². The summed E-state index contributed by atoms with van der Waals surface area (Å²) in [5.41, 5.74) is 0.0150. The van der Waals surface area contributed by atoms with Crippen LogP contribution < -0.4 is 5.32 Å². The van der Waals surface area contributed by atoms with E-state index in [4.69, 9.17) is 0 Å². The second-order valence-electron chi connectivity index (χ2n) is 7.29. The van der Waals surface area contributed by atoms with Gasteiger partial charge >= 0.3 is 6.18 Å². The summed E-state index contributed by atoms with van der Waals surface area (Å²) < 4.78 is 40.9. The molecule has 0 aromatic carbocycles. The predicted octanol–water partition coefficient (Wildman–Crippen LogP) is 5.02. The van der Waals surface area contributed by atoms with E-state index in [1.165, 1.54) is 0 Å². The molecule has 144 valence electrons. The lowest BCUT2D eigenvalue weighted by Gasteiger charge is -2.29. The van der Waals surface area contributed by atoms with Crippen LogP contribution in [0, 0.1) is 12.3 Å². The number of anilines is 1. The molecule has 2 aromatic rings. The molecule has 5 nitrogen and oxygen atoms in total. The lowest BCUT2D eigenvalue weighted by molar-refractivity contribution is -0.213. The minimum Gasteiger partial charge on any atom is -0.296 e. The molecule has 1 fully saturated rings. The molecule has 0 bridgehead atoms. The highest BCUT2D eigenvalue weighted by atomic mass is 19.4. The van der Waals surface area contributed by atoms with E-state index in [0.717, 1.165) is 38.8 Å². The van der Waals surface area contributed by atoms with Gasteiger partial charge < -0.3 is 0 Å². The number of amides is 1. The highest BCUT2D eigenvalue weighted by molar-refractivity contribution is 5.91. The van der Waals surface area contributed by atoms with E-state index in [0.29, 0.717) is 11.2 Å². The van der Waals surface area contributed by atoms with E-state index in [-0.39, 0.29) is 19.4 Å². The van der Waals surface area contributed by atoms with Crippen LogP contribution in [-0.2, 0) is 4.79 Å². The molecule has 0 radical (unpaired) electrons. The van der Waals surface area contributed by atoms with E-state index < -0.39 is 23.9 Å². The Morgan fingerprint density at radius 2 is 1.92 bits per heavy atom. The normalized spacial score (nSPS) is 15.5. The van der Waals surface area contributed by atoms with Gasteiger partial charge in [-0.3, -0.25) is 14.7 Å². The molecule has 2 heterocycles. The van der Waals surface area contributed by atoms with Gasteiger partial charge in [0.15, 0.2) is 5.65 Å². The van der Waals surface area contributed by atoms with Crippen LogP contribution in [0.1, 0.15) is 58.7 Å². The number of imidazole rings is 1. The SMILES string of the molecule is C.Cc1ccc2nc(NC(=O)CC(C)(C)C(F)(F)F)n(C3CCC3)c2n1. The Labute approximate surface area is 151 Å². The molecule has 1 N–H and O–H groups in total. The molecule has 1 amide bonds. The molecular formula is C18H25F3N4O. The number of pyridine rings is 1. The lowest BCUT2D eigenvalue weighted by Crippen LogP contribution is -2.36. The number of carbonyl (C=O) groups is 1. The van der Waals surface area contributed by atoms with Gasteiger partial charge in [-0.25, -0.2) is 9.97 Å². The maximum absolute atomic E-state index is 13.0. The van der Waals surface area contributed by atoms with Gasteiger partial charge in [0.1, 0.15) is 5.52 Å². The Kier molecular flexibility index (Phi) is 5.35. The third-order valence-electron chi connectivity index (χ3n) is 4.74. The first kappa shape index (κ1) is 20.2. The summed E-state index contributed by atoms with van der Waals surface area (Å²) in [6, 6.07) is 3.80. The van der Waals surface area contributed by atoms with Gasteiger partial charge in [-0.05, 0) is 38.3 Å². The zero-order chi connectivity index (χ0) is 18.4. The summed E-state index contributed by atoms with van der Waals surface area (Å²) in [5, 5.41) is 2.57. The van der Waals surface area contributed by atoms with Gasteiger partial charge in [0.2, 0.25) is 11.9 Å². The third-order valence-corrected chi connectivity index (χ3v) is 4.74. The summed E-state index contributed by atoms with van der Waals surface area (Å²) in [5.74, 6) is -0.421. The number of carbonyl (C=O) groups excluding carboxylic acids is 1. The highest BCUT2D eigenvalue weighted by Gasteiger charge is 2.48. The molecule has 8 heteroatoms. The molecular weight excluding hydrogens is 345 g/mol. The number of nitrogens with one attached hydrogen (secondary N) is 1. The Balaban J connectivity index is 0.00000243. The number of rotatable bonds is 4. The highest BCUT2D eigenvalue weighted by Crippen LogP contribution is 2.41. The molecule has 2 aromatic heterocycles. The molecule has 26 heavy (non-hydrogen) atoms. The number of hydrogen-bond donors (Lipinski definition) is 1. The third kappa shape index (κ3) is 3.68. The van der Waals surface area contributed by atoms with Crippen molar-refractivity contribution in [2.75, 3.05) is 5.32 Å². The largest absolute Gasteiger partial charge is 0.394 e. The second kappa shape index (κ2) is 6.89. The van der Waals surface area contributed by atoms with Crippen LogP contribution in [-0.4, -0.2) is 26.6 Å². The van der Waals surface area contributed by atoms with Gasteiger partial charge in [0.05, 0.1) is 5.41 Å². The van der Waals surface area contributed by atoms with Crippen molar-refractivity contribution in [3.05, 3.63) is 17.8 Å². The van der Waals surface area contributed by atoms with Crippen molar-refractivity contribution in [2.24, 2.45) is 5.41 Å². The Hall–Kier alpha value is -2.12. The van der Waals surface area contributed by atoms with E-state index in [2.05, 4.69) is 15.3 Å². The number of halogens is 3. The van der Waals surface area contributed by atoms with Crippen LogP contribution in [0.25, 0.3) is 11.2 Å². The Morgan fingerprint density at radius 1 is 1.27 bits per heavy atom. The molecule has 0 saturated heterocycles. The molecule has 0 spiro atoms. The maximum atomic E-state index is 13.0. The van der Waals surface area contributed by atoms with Gasteiger partial charge in [0, 0.05) is 18.2 Å². The van der Waals surface area contributed by atoms with Crippen LogP contribution in [0.2, 0.25) is 0 Å². The monoisotopic (exact) mass is 370 g/mol. The number of hydrogen-bond acceptors (Lipinski definition) is 3. The first-order valence-corrected chi connectivity index (χ1v) is 8.31. The minimum absolute atomic E-state index is 0. The molecule has 1 saturated carbocycles. The summed E-state index contributed by atoms with van der Waals surface area (Å²) in [7, 11) is 0. The zero-order valence-electron chi connectivity index (χ0n) is 14.4. The summed E-state index contributed by atoms with van der Waals surface area (Å²) in [4.78, 5) is 21.1. The van der Waals surface area contributed by atoms with E-state index in [9.17, 15) is 18.0 Å². The molecule has 0 unspecified atom stereocenters. The molecule has 1 aliphatic rings. The summed E-state index contributed by atoms with van der Waals surface area (Å²) >= 11 is 0. The van der Waals surface area contributed by atoms with Crippen molar-refractivity contribution in [1.82, 2.24) is 14.5 Å². The van der Waals surface area contributed by atoms with Gasteiger partial charge in [-0.1, -0.05) is 21.3 Å². The fourth-order valence-electron chi connectivity index (χ4n) is 2.82. The van der Waals surface area contributed by atoms with E-state index >= 15 is 0 Å². The summed E-state index contributed by atoms with van der Waals surface area (Å²) in [6.07, 6.45) is -2.14. The van der Waals surface area contributed by atoms with Crippen LogP contribution >= 0.6 is 0 Å². The Bertz CT molecular complexity index is 807. The number of alkyl halides is 3. The first-order chi connectivity index (χ1) is 11.6. The fraction of sp³-hybridized carbons (Fsp3) is 0.611. The van der Waals surface area contributed by atoms with Crippen LogP contribution in [0.3, 0.4) is 0 Å². The molecule has 3 rings (SSSR count). The zero-order valence-corrected chi connectivity index (χ0v) is 14.4. The number of fused-ring (bicyclic) bond motifs is 1. The van der Waals surface area contributed by atoms with Crippen molar-refractivity contribution >= 4 is 23.0 Å². The van der Waals surface area contributed by atoms with Crippen molar-refractivity contribution in [3.8, 4) is 0 Å². The van der Waals surface area contributed by atoms with Crippen LogP contribution in [0.15, 0.2) is 12.1 Å². The standard InChI is InChI=1S/C17H21F3N4O.CH4/c1-10-7-8-12-14(21-10)24(11-5-4-6-11)15(22-12)23-13(25)9-16(2,3)17(18,19)20;/h7-8,11H,4-6,9H2,1-3H3,(H,22,23,25);1H4. The average Bonchev–Trinajstić information content (AvgIpc) is 2.73. The topological polar surface area (TPSA) is 59.8 Å². The van der Waals surface area contributed by atoms with E-state index in [1.807, 2.05) is 23.6 Å². The fourth-order valence-corrected chi connectivity index (χ4v) is 2.82. The maximum Gasteiger partial charge on any atom is 0.394 e. The first-order valence-electron chi connectivity index (χ1n) is 8.31. The second-order valence-corrected chi connectivity index (χ2v) is 7.29. The smallest absolute Gasteiger partial charge is 0.296 e. The summed E-state index contributed by atoms with van der Waals surface area (Å²) in [6.45, 7) is 3.90. The number of aryl methyl sites for hydroxylation is 1.